The predicted molar refractivity (Wildman–Crippen MR) is 34.6 cm³/mol. The van der Waals surface area contributed by atoms with Crippen LogP contribution in [0.1, 0.15) is 12.7 Å². The van der Waals surface area contributed by atoms with Gasteiger partial charge in [-0.1, -0.05) is 0 Å². The summed E-state index contributed by atoms with van der Waals surface area (Å²) in [6, 6.07) is 3.70. The van der Waals surface area contributed by atoms with Crippen molar-refractivity contribution in [3.8, 4) is 5.95 Å². The van der Waals surface area contributed by atoms with Gasteiger partial charge in [-0.15, -0.1) is 0 Å². The molecule has 0 aliphatic heterocycles. The van der Waals surface area contributed by atoms with Crippen molar-refractivity contribution in [3.05, 3.63) is 17.9 Å². The Bertz CT molecular complexity index is 179. The maximum absolute atomic E-state index is 5.10. The van der Waals surface area contributed by atoms with Crippen molar-refractivity contribution in [2.75, 3.05) is 6.61 Å². The fraction of sp³-hybridized carbons (Fsp3) is 0.429. The standard InChI is InChI=1S/C7H10O2/c1-3-8-7-5-4-6(2)9-7/h4-5H,3H2,1-2H3. The van der Waals surface area contributed by atoms with Crippen molar-refractivity contribution in [2.24, 2.45) is 0 Å². The molecule has 2 heteroatoms. The minimum Gasteiger partial charge on any atom is -0.465 e. The number of hydrogen-bond acceptors (Lipinski definition) is 2. The molecule has 0 atom stereocenters. The highest BCUT2D eigenvalue weighted by atomic mass is 16.6. The molecule has 0 amide bonds. The maximum atomic E-state index is 5.10. The van der Waals surface area contributed by atoms with Crippen molar-refractivity contribution in [1.29, 1.82) is 0 Å². The van der Waals surface area contributed by atoms with Crippen LogP contribution in [0.3, 0.4) is 0 Å². The zero-order valence-electron chi connectivity index (χ0n) is 5.68. The normalized spacial score (nSPS) is 9.56. The summed E-state index contributed by atoms with van der Waals surface area (Å²) in [5.41, 5.74) is 0. The highest BCUT2D eigenvalue weighted by Crippen LogP contribution is 2.13. The predicted octanol–water partition coefficient (Wildman–Crippen LogP) is 1.99. The van der Waals surface area contributed by atoms with Gasteiger partial charge >= 0.3 is 0 Å². The second-order valence-corrected chi connectivity index (χ2v) is 1.80. The van der Waals surface area contributed by atoms with Crippen LogP contribution in [0, 0.1) is 6.92 Å². The average molecular weight is 126 g/mol. The lowest BCUT2D eigenvalue weighted by atomic mass is 10.5. The van der Waals surface area contributed by atoms with Gasteiger partial charge < -0.3 is 9.15 Å². The average Bonchev–Trinajstić information content (AvgIpc) is 2.17. The maximum Gasteiger partial charge on any atom is 0.284 e. The van der Waals surface area contributed by atoms with E-state index in [4.69, 9.17) is 9.15 Å². The lowest BCUT2D eigenvalue weighted by Gasteiger charge is -1.93. The van der Waals surface area contributed by atoms with Gasteiger partial charge in [-0.05, 0) is 19.9 Å². The Kier molecular flexibility index (Phi) is 1.78. The van der Waals surface area contributed by atoms with Crippen LogP contribution >= 0.6 is 0 Å². The molecule has 1 aromatic rings. The number of furan rings is 1. The van der Waals surface area contributed by atoms with Crippen LogP contribution in [-0.2, 0) is 0 Å². The molecule has 9 heavy (non-hydrogen) atoms. The van der Waals surface area contributed by atoms with E-state index in [9.17, 15) is 0 Å². The minimum absolute atomic E-state index is 0.606. The van der Waals surface area contributed by atoms with Gasteiger partial charge in [-0.25, -0.2) is 0 Å². The quantitative estimate of drug-likeness (QED) is 0.604. The fourth-order valence-electron chi connectivity index (χ4n) is 0.632. The lowest BCUT2D eigenvalue weighted by Crippen LogP contribution is -1.87. The Hall–Kier alpha value is -0.920. The second-order valence-electron chi connectivity index (χ2n) is 1.80. The number of aryl methyl sites for hydroxylation is 1. The first-order valence-corrected chi connectivity index (χ1v) is 3.02. The summed E-state index contributed by atoms with van der Waals surface area (Å²) >= 11 is 0. The third-order valence-electron chi connectivity index (χ3n) is 1.00. The Morgan fingerprint density at radius 2 is 2.33 bits per heavy atom. The van der Waals surface area contributed by atoms with Gasteiger partial charge in [0.15, 0.2) is 0 Å². The first kappa shape index (κ1) is 6.20. The lowest BCUT2D eigenvalue weighted by molar-refractivity contribution is 0.253. The summed E-state index contributed by atoms with van der Waals surface area (Å²) in [6.45, 7) is 4.48. The first-order chi connectivity index (χ1) is 4.33. The van der Waals surface area contributed by atoms with Gasteiger partial charge in [-0.3, -0.25) is 0 Å². The van der Waals surface area contributed by atoms with Gasteiger partial charge in [0.2, 0.25) is 0 Å². The highest BCUT2D eigenvalue weighted by Gasteiger charge is 1.94. The van der Waals surface area contributed by atoms with E-state index in [1.165, 1.54) is 0 Å². The SMILES string of the molecule is CCOc1ccc(C)o1. The van der Waals surface area contributed by atoms with Gasteiger partial charge in [-0.2, -0.15) is 0 Å². The van der Waals surface area contributed by atoms with E-state index in [0.29, 0.717) is 12.6 Å². The molecule has 0 unspecified atom stereocenters. The molecule has 2 nitrogen and oxygen atoms in total. The molecule has 0 aliphatic rings. The van der Waals surface area contributed by atoms with Gasteiger partial charge in [0, 0.05) is 6.07 Å². The molecule has 0 aliphatic carbocycles. The molecule has 0 fully saturated rings. The van der Waals surface area contributed by atoms with Crippen LogP contribution in [0.5, 0.6) is 5.95 Å². The molecule has 0 saturated carbocycles. The molecule has 1 rings (SSSR count). The summed E-state index contributed by atoms with van der Waals surface area (Å²) < 4.78 is 10.2. The third kappa shape index (κ3) is 1.49. The van der Waals surface area contributed by atoms with Crippen molar-refractivity contribution < 1.29 is 9.15 Å². The topological polar surface area (TPSA) is 22.4 Å². The van der Waals surface area contributed by atoms with Crippen molar-refractivity contribution in [2.45, 2.75) is 13.8 Å². The molecule has 1 aromatic heterocycles. The Balaban J connectivity index is 2.61. The van der Waals surface area contributed by atoms with E-state index in [1.807, 2.05) is 26.0 Å². The molecule has 0 aromatic carbocycles. The molecular formula is C7H10O2. The summed E-state index contributed by atoms with van der Waals surface area (Å²) in [5, 5.41) is 0. The molecule has 0 saturated heterocycles. The van der Waals surface area contributed by atoms with Crippen LogP contribution in [0.4, 0.5) is 0 Å². The zero-order valence-corrected chi connectivity index (χ0v) is 5.68. The van der Waals surface area contributed by atoms with Gasteiger partial charge in [0.05, 0.1) is 6.61 Å². The first-order valence-electron chi connectivity index (χ1n) is 3.02. The third-order valence-corrected chi connectivity index (χ3v) is 1.00. The van der Waals surface area contributed by atoms with Crippen molar-refractivity contribution in [3.63, 3.8) is 0 Å². The van der Waals surface area contributed by atoms with Crippen molar-refractivity contribution >= 4 is 0 Å². The zero-order chi connectivity index (χ0) is 6.69. The molecular weight excluding hydrogens is 116 g/mol. The number of hydrogen-bond donors (Lipinski definition) is 0. The summed E-state index contributed by atoms with van der Waals surface area (Å²) in [5.74, 6) is 1.49. The number of rotatable bonds is 2. The highest BCUT2D eigenvalue weighted by molar-refractivity contribution is 5.10. The molecule has 0 radical (unpaired) electrons. The summed E-state index contributed by atoms with van der Waals surface area (Å²) in [7, 11) is 0. The fourth-order valence-corrected chi connectivity index (χ4v) is 0.632. The Morgan fingerprint density at radius 3 is 2.78 bits per heavy atom. The molecule has 0 bridgehead atoms. The molecule has 0 N–H and O–H groups in total. The second kappa shape index (κ2) is 2.58. The van der Waals surface area contributed by atoms with E-state index in [1.54, 1.807) is 0 Å². The van der Waals surface area contributed by atoms with Gasteiger partial charge in [0.1, 0.15) is 5.76 Å². The van der Waals surface area contributed by atoms with Crippen molar-refractivity contribution in [1.82, 2.24) is 0 Å². The Morgan fingerprint density at radius 1 is 1.56 bits per heavy atom. The van der Waals surface area contributed by atoms with E-state index >= 15 is 0 Å². The van der Waals surface area contributed by atoms with Crippen LogP contribution in [-0.4, -0.2) is 6.61 Å². The molecule has 1 heterocycles. The van der Waals surface area contributed by atoms with Crippen LogP contribution < -0.4 is 4.74 Å². The van der Waals surface area contributed by atoms with E-state index in [-0.39, 0.29) is 0 Å². The molecule has 0 spiro atoms. The van der Waals surface area contributed by atoms with Crippen LogP contribution in [0.25, 0.3) is 0 Å². The van der Waals surface area contributed by atoms with E-state index in [0.717, 1.165) is 5.76 Å². The monoisotopic (exact) mass is 126 g/mol. The van der Waals surface area contributed by atoms with Crippen LogP contribution in [0.15, 0.2) is 16.5 Å². The summed E-state index contributed by atoms with van der Waals surface area (Å²) in [4.78, 5) is 0. The van der Waals surface area contributed by atoms with Gasteiger partial charge in [0.25, 0.3) is 5.95 Å². The number of ether oxygens (including phenoxy) is 1. The van der Waals surface area contributed by atoms with E-state index in [2.05, 4.69) is 0 Å². The van der Waals surface area contributed by atoms with E-state index < -0.39 is 0 Å². The minimum atomic E-state index is 0.606. The smallest absolute Gasteiger partial charge is 0.284 e. The summed E-state index contributed by atoms with van der Waals surface area (Å²) in [6.07, 6.45) is 0. The van der Waals surface area contributed by atoms with Crippen LogP contribution in [0.2, 0.25) is 0 Å². The Labute approximate surface area is 54.4 Å². The largest absolute Gasteiger partial charge is 0.465 e. The molecule has 50 valence electrons.